The number of carbonyl (C=O) groups is 2. The summed E-state index contributed by atoms with van der Waals surface area (Å²) in [4.78, 5) is 33.1. The van der Waals surface area contributed by atoms with E-state index in [9.17, 15) is 9.59 Å². The van der Waals surface area contributed by atoms with E-state index in [2.05, 4.69) is 20.6 Å². The Bertz CT molecular complexity index is 990. The van der Waals surface area contributed by atoms with Crippen molar-refractivity contribution in [3.63, 3.8) is 0 Å². The normalized spacial score (nSPS) is 10.4. The average Bonchev–Trinajstić information content (AvgIpc) is 2.74. The van der Waals surface area contributed by atoms with Crippen LogP contribution in [-0.4, -0.2) is 27.9 Å². The molecule has 2 aromatic heterocycles. The van der Waals surface area contributed by atoms with Crippen LogP contribution in [0.15, 0.2) is 67.1 Å². The smallest absolute Gasteiger partial charge is 0.270 e. The highest BCUT2D eigenvalue weighted by molar-refractivity contribution is 6.06. The van der Waals surface area contributed by atoms with Gasteiger partial charge in [-0.25, -0.2) is 0 Å². The van der Waals surface area contributed by atoms with Crippen LogP contribution in [0.25, 0.3) is 0 Å². The van der Waals surface area contributed by atoms with E-state index in [1.807, 2.05) is 32.0 Å². The molecule has 7 heteroatoms. The van der Waals surface area contributed by atoms with E-state index in [1.165, 1.54) is 12.3 Å². The highest BCUT2D eigenvalue weighted by Crippen LogP contribution is 2.25. The summed E-state index contributed by atoms with van der Waals surface area (Å²) in [6.07, 6.45) is 4.75. The van der Waals surface area contributed by atoms with Gasteiger partial charge in [0.25, 0.3) is 11.8 Å². The van der Waals surface area contributed by atoms with Crippen molar-refractivity contribution < 1.29 is 14.3 Å². The van der Waals surface area contributed by atoms with Gasteiger partial charge in [0, 0.05) is 30.7 Å². The Morgan fingerprint density at radius 2 is 1.86 bits per heavy atom. The van der Waals surface area contributed by atoms with Gasteiger partial charge in [0.2, 0.25) is 0 Å². The second-order valence-corrected chi connectivity index (χ2v) is 6.59. The van der Waals surface area contributed by atoms with E-state index in [0.29, 0.717) is 23.5 Å². The maximum atomic E-state index is 12.7. The van der Waals surface area contributed by atoms with E-state index in [-0.39, 0.29) is 23.6 Å². The number of nitrogens with zero attached hydrogens (tertiary/aromatic N) is 2. The summed E-state index contributed by atoms with van der Waals surface area (Å²) < 4.78 is 5.72. The van der Waals surface area contributed by atoms with Crippen LogP contribution in [0.5, 0.6) is 5.75 Å². The zero-order valence-corrected chi connectivity index (χ0v) is 16.3. The van der Waals surface area contributed by atoms with Gasteiger partial charge in [-0.2, -0.15) is 0 Å². The minimum absolute atomic E-state index is 0.0240. The standard InChI is InChI=1S/C22H22N4O3/c1-15(2)29-20-8-4-3-7-18(20)26-21(27)17-9-11-24-19(12-17)22(28)25-14-16-6-5-10-23-13-16/h3-13,15H,14H2,1-2H3,(H,25,28)(H,26,27). The van der Waals surface area contributed by atoms with Crippen LogP contribution >= 0.6 is 0 Å². The molecule has 0 saturated heterocycles. The quantitative estimate of drug-likeness (QED) is 0.645. The molecule has 0 saturated carbocycles. The van der Waals surface area contributed by atoms with Gasteiger partial charge in [-0.1, -0.05) is 18.2 Å². The molecule has 3 rings (SSSR count). The fourth-order valence-corrected chi connectivity index (χ4v) is 2.59. The molecule has 0 aliphatic heterocycles. The van der Waals surface area contributed by atoms with Crippen LogP contribution < -0.4 is 15.4 Å². The molecule has 0 spiro atoms. The molecule has 1 aromatic carbocycles. The molecule has 2 heterocycles. The molecule has 0 bridgehead atoms. The van der Waals surface area contributed by atoms with Crippen LogP contribution in [0.4, 0.5) is 5.69 Å². The molecule has 0 atom stereocenters. The van der Waals surface area contributed by atoms with Crippen LogP contribution in [0.1, 0.15) is 40.3 Å². The molecule has 0 aliphatic rings. The predicted octanol–water partition coefficient (Wildman–Crippen LogP) is 3.45. The third-order valence-corrected chi connectivity index (χ3v) is 3.93. The molecule has 29 heavy (non-hydrogen) atoms. The summed E-state index contributed by atoms with van der Waals surface area (Å²) in [7, 11) is 0. The van der Waals surface area contributed by atoms with Crippen molar-refractivity contribution in [1.29, 1.82) is 0 Å². The Kier molecular flexibility index (Phi) is 6.52. The lowest BCUT2D eigenvalue weighted by atomic mass is 10.2. The molecule has 2 amide bonds. The number of para-hydroxylation sites is 2. The third-order valence-electron chi connectivity index (χ3n) is 3.93. The van der Waals surface area contributed by atoms with Gasteiger partial charge in [-0.05, 0) is 49.7 Å². The Morgan fingerprint density at radius 3 is 2.62 bits per heavy atom. The van der Waals surface area contributed by atoms with E-state index < -0.39 is 0 Å². The number of nitrogens with one attached hydrogen (secondary N) is 2. The lowest BCUT2D eigenvalue weighted by molar-refractivity contribution is 0.0946. The van der Waals surface area contributed by atoms with Gasteiger partial charge in [-0.15, -0.1) is 0 Å². The van der Waals surface area contributed by atoms with Crippen LogP contribution in [0.2, 0.25) is 0 Å². The first-order valence-electron chi connectivity index (χ1n) is 9.23. The van der Waals surface area contributed by atoms with E-state index >= 15 is 0 Å². The summed E-state index contributed by atoms with van der Waals surface area (Å²) in [5.74, 6) is -0.139. The SMILES string of the molecule is CC(C)Oc1ccccc1NC(=O)c1ccnc(C(=O)NCc2cccnc2)c1. The van der Waals surface area contributed by atoms with E-state index in [1.54, 1.807) is 36.7 Å². The topological polar surface area (TPSA) is 93.2 Å². The number of anilines is 1. The molecule has 3 aromatic rings. The maximum Gasteiger partial charge on any atom is 0.270 e. The molecule has 0 fully saturated rings. The fraction of sp³-hybridized carbons (Fsp3) is 0.182. The Morgan fingerprint density at radius 1 is 1.03 bits per heavy atom. The summed E-state index contributed by atoms with van der Waals surface area (Å²) in [6, 6.07) is 13.9. The largest absolute Gasteiger partial charge is 0.489 e. The highest BCUT2D eigenvalue weighted by Gasteiger charge is 2.14. The molecular formula is C22H22N4O3. The highest BCUT2D eigenvalue weighted by atomic mass is 16.5. The first kappa shape index (κ1) is 20.0. The first-order valence-corrected chi connectivity index (χ1v) is 9.23. The van der Waals surface area contributed by atoms with Crippen molar-refractivity contribution in [2.45, 2.75) is 26.5 Å². The van der Waals surface area contributed by atoms with Gasteiger partial charge in [-0.3, -0.25) is 19.6 Å². The minimum atomic E-state index is -0.368. The van der Waals surface area contributed by atoms with Crippen molar-refractivity contribution in [3.05, 3.63) is 83.9 Å². The number of hydrogen-bond donors (Lipinski definition) is 2. The van der Waals surface area contributed by atoms with Crippen LogP contribution in [0.3, 0.4) is 0 Å². The molecule has 7 nitrogen and oxygen atoms in total. The summed E-state index contributed by atoms with van der Waals surface area (Å²) in [6.45, 7) is 4.15. The van der Waals surface area contributed by atoms with E-state index in [0.717, 1.165) is 5.56 Å². The van der Waals surface area contributed by atoms with Crippen molar-refractivity contribution >= 4 is 17.5 Å². The van der Waals surface area contributed by atoms with Gasteiger partial charge in [0.15, 0.2) is 0 Å². The van der Waals surface area contributed by atoms with Crippen molar-refractivity contribution in [1.82, 2.24) is 15.3 Å². The zero-order valence-electron chi connectivity index (χ0n) is 16.3. The van der Waals surface area contributed by atoms with Gasteiger partial charge >= 0.3 is 0 Å². The number of ether oxygens (including phenoxy) is 1. The Hall–Kier alpha value is -3.74. The van der Waals surface area contributed by atoms with Gasteiger partial charge in [0.1, 0.15) is 11.4 Å². The number of amides is 2. The lowest BCUT2D eigenvalue weighted by Gasteiger charge is -2.15. The molecular weight excluding hydrogens is 368 g/mol. The Labute approximate surface area is 169 Å². The molecule has 0 unspecified atom stereocenters. The number of aromatic nitrogens is 2. The predicted molar refractivity (Wildman–Crippen MR) is 110 cm³/mol. The van der Waals surface area contributed by atoms with Crippen molar-refractivity contribution in [3.8, 4) is 5.75 Å². The lowest BCUT2D eigenvalue weighted by Crippen LogP contribution is -2.24. The second kappa shape index (κ2) is 9.45. The Balaban J connectivity index is 1.69. The number of rotatable bonds is 7. The third kappa shape index (κ3) is 5.62. The van der Waals surface area contributed by atoms with Gasteiger partial charge in [0.05, 0.1) is 11.8 Å². The first-order chi connectivity index (χ1) is 14.0. The monoisotopic (exact) mass is 390 g/mol. The maximum absolute atomic E-state index is 12.7. The molecule has 2 N–H and O–H groups in total. The van der Waals surface area contributed by atoms with Gasteiger partial charge < -0.3 is 15.4 Å². The van der Waals surface area contributed by atoms with Crippen LogP contribution in [0, 0.1) is 0 Å². The minimum Gasteiger partial charge on any atom is -0.489 e. The number of pyridine rings is 2. The van der Waals surface area contributed by atoms with Crippen molar-refractivity contribution in [2.24, 2.45) is 0 Å². The van der Waals surface area contributed by atoms with E-state index in [4.69, 9.17) is 4.74 Å². The zero-order chi connectivity index (χ0) is 20.6. The average molecular weight is 390 g/mol. The summed E-state index contributed by atoms with van der Waals surface area (Å²) in [5.41, 5.74) is 1.92. The molecule has 148 valence electrons. The number of carbonyl (C=O) groups excluding carboxylic acids is 2. The molecule has 0 radical (unpaired) electrons. The summed E-state index contributed by atoms with van der Waals surface area (Å²) in [5, 5.41) is 5.59. The van der Waals surface area contributed by atoms with Crippen molar-refractivity contribution in [2.75, 3.05) is 5.32 Å². The van der Waals surface area contributed by atoms with Crippen LogP contribution in [-0.2, 0) is 6.54 Å². The molecule has 0 aliphatic carbocycles. The number of benzene rings is 1. The number of hydrogen-bond acceptors (Lipinski definition) is 5. The summed E-state index contributed by atoms with van der Waals surface area (Å²) >= 11 is 0. The second-order valence-electron chi connectivity index (χ2n) is 6.59. The fourth-order valence-electron chi connectivity index (χ4n) is 2.59.